The second-order valence-electron chi connectivity index (χ2n) is 11.6. The minimum Gasteiger partial charge on any atom is -0.490 e. The zero-order chi connectivity index (χ0) is 36.8. The predicted octanol–water partition coefficient (Wildman–Crippen LogP) is 5.35. The highest BCUT2D eigenvalue weighted by molar-refractivity contribution is 7.07. The lowest BCUT2D eigenvalue weighted by Gasteiger charge is -2.25. The van der Waals surface area contributed by atoms with Gasteiger partial charge in [-0.3, -0.25) is 9.36 Å². The Balaban J connectivity index is 1.51. The number of methoxy groups -OCH3 is 1. The first kappa shape index (κ1) is 35.6. The lowest BCUT2D eigenvalue weighted by atomic mass is 9.95. The molecule has 0 amide bonds. The van der Waals surface area contributed by atoms with Crippen molar-refractivity contribution in [3.63, 3.8) is 0 Å². The van der Waals surface area contributed by atoms with E-state index in [0.29, 0.717) is 49.0 Å². The normalized spacial score (nSPS) is 13.9. The second kappa shape index (κ2) is 15.8. The Labute approximate surface area is 303 Å². The number of aromatic nitrogens is 1. The Kier molecular flexibility index (Phi) is 10.8. The van der Waals surface area contributed by atoms with Gasteiger partial charge in [-0.15, -0.1) is 0 Å². The number of fused-ring (bicyclic) bond motifs is 2. The third-order valence-corrected chi connectivity index (χ3v) is 9.38. The quantitative estimate of drug-likeness (QED) is 0.156. The number of allylic oxidation sites excluding steroid dienone is 1. The van der Waals surface area contributed by atoms with Crippen molar-refractivity contribution in [2.24, 2.45) is 4.99 Å². The summed E-state index contributed by atoms with van der Waals surface area (Å²) < 4.78 is 29.9. The fraction of sp³-hybridized carbons (Fsp3) is 0.225. The van der Waals surface area contributed by atoms with Gasteiger partial charge in [0.1, 0.15) is 12.4 Å². The third-order valence-electron chi connectivity index (χ3n) is 8.40. The summed E-state index contributed by atoms with van der Waals surface area (Å²) in [6.07, 6.45) is 1.79. The molecule has 4 aromatic carbocycles. The van der Waals surface area contributed by atoms with E-state index >= 15 is 0 Å². The first-order valence-electron chi connectivity index (χ1n) is 16.6. The van der Waals surface area contributed by atoms with Gasteiger partial charge >= 0.3 is 11.9 Å². The Morgan fingerprint density at radius 3 is 2.48 bits per heavy atom. The molecule has 11 nitrogen and oxygen atoms in total. The average Bonchev–Trinajstić information content (AvgIpc) is 3.46. The van der Waals surface area contributed by atoms with Crippen LogP contribution in [0.1, 0.15) is 49.1 Å². The van der Waals surface area contributed by atoms with Gasteiger partial charge < -0.3 is 23.7 Å². The van der Waals surface area contributed by atoms with Crippen LogP contribution in [-0.4, -0.2) is 43.4 Å². The lowest BCUT2D eigenvalue weighted by Crippen LogP contribution is -2.40. The molecule has 0 fully saturated rings. The van der Waals surface area contributed by atoms with E-state index in [0.717, 1.165) is 16.3 Å². The maximum Gasteiger partial charge on any atom is 0.343 e. The van der Waals surface area contributed by atoms with E-state index in [1.807, 2.05) is 55.5 Å². The van der Waals surface area contributed by atoms with Crippen molar-refractivity contribution in [3.05, 3.63) is 132 Å². The molecule has 264 valence electrons. The molecule has 1 atom stereocenters. The van der Waals surface area contributed by atoms with Crippen molar-refractivity contribution >= 4 is 40.1 Å². The van der Waals surface area contributed by atoms with E-state index in [1.54, 1.807) is 50.3 Å². The zero-order valence-electron chi connectivity index (χ0n) is 29.0. The molecule has 0 bridgehead atoms. The largest absolute Gasteiger partial charge is 0.490 e. The van der Waals surface area contributed by atoms with E-state index in [-0.39, 0.29) is 37.6 Å². The standard InChI is InChI=1S/C40H35N3O8S/c1-5-48-33-19-26(16-18-32(33)51-23-35(44)47-4)37-36(39(46)49-6-2)24(3)42-40-43(37)38(45)34(52-40)20-30-29-14-10-9-11-25(29)15-17-31(30)50-22-28-13-8-7-12-27(28)21-41/h7-20,37H,5-6,22-23H2,1-4H3/b34-20+/t37-/m0/s1. The Hall–Kier alpha value is -6.19. The molecule has 5 aromatic rings. The Morgan fingerprint density at radius 1 is 0.942 bits per heavy atom. The van der Waals surface area contributed by atoms with Crippen LogP contribution in [0.25, 0.3) is 16.8 Å². The summed E-state index contributed by atoms with van der Waals surface area (Å²) in [5.41, 5.74) is 2.72. The molecule has 1 aliphatic heterocycles. The Bertz CT molecular complexity index is 2440. The van der Waals surface area contributed by atoms with Crippen LogP contribution in [0.2, 0.25) is 0 Å². The highest BCUT2D eigenvalue weighted by Crippen LogP contribution is 2.37. The molecule has 1 aromatic heterocycles. The van der Waals surface area contributed by atoms with Crippen LogP contribution < -0.4 is 29.1 Å². The summed E-state index contributed by atoms with van der Waals surface area (Å²) in [5.74, 6) is -0.0221. The van der Waals surface area contributed by atoms with Gasteiger partial charge in [0.15, 0.2) is 22.9 Å². The summed E-state index contributed by atoms with van der Waals surface area (Å²) >= 11 is 1.19. The molecule has 0 saturated carbocycles. The summed E-state index contributed by atoms with van der Waals surface area (Å²) in [4.78, 5) is 45.0. The van der Waals surface area contributed by atoms with Crippen LogP contribution in [-0.2, 0) is 25.7 Å². The first-order valence-corrected chi connectivity index (χ1v) is 17.4. The Morgan fingerprint density at radius 2 is 1.71 bits per heavy atom. The number of nitrogens with zero attached hydrogens (tertiary/aromatic N) is 3. The van der Waals surface area contributed by atoms with E-state index in [2.05, 4.69) is 6.07 Å². The van der Waals surface area contributed by atoms with Gasteiger partial charge in [0.25, 0.3) is 5.56 Å². The SMILES string of the molecule is CCOC(=O)C1=C(C)N=c2s/c(=C/c3c(OCc4ccccc4C#N)ccc4ccccc34)c(=O)n2[C@H]1c1ccc(OCC(=O)OC)c(OCC)c1. The molecule has 0 unspecified atom stereocenters. The number of carbonyl (C=O) groups is 2. The van der Waals surface area contributed by atoms with Gasteiger partial charge in [0.05, 0.1) is 53.8 Å². The first-order chi connectivity index (χ1) is 25.3. The van der Waals surface area contributed by atoms with Crippen molar-refractivity contribution in [1.82, 2.24) is 4.57 Å². The minimum atomic E-state index is -0.919. The van der Waals surface area contributed by atoms with Gasteiger partial charge in [-0.25, -0.2) is 14.6 Å². The monoisotopic (exact) mass is 717 g/mol. The van der Waals surface area contributed by atoms with Crippen molar-refractivity contribution in [3.8, 4) is 23.3 Å². The fourth-order valence-electron chi connectivity index (χ4n) is 5.98. The molecule has 2 heterocycles. The van der Waals surface area contributed by atoms with Crippen LogP contribution in [0.4, 0.5) is 0 Å². The molecule has 0 radical (unpaired) electrons. The number of ether oxygens (including phenoxy) is 5. The van der Waals surface area contributed by atoms with E-state index in [1.165, 1.54) is 23.0 Å². The third kappa shape index (κ3) is 7.17. The van der Waals surface area contributed by atoms with Crippen molar-refractivity contribution < 1.29 is 33.3 Å². The van der Waals surface area contributed by atoms with Crippen LogP contribution in [0.5, 0.6) is 17.2 Å². The molecular formula is C40H35N3O8S. The number of benzene rings is 4. The van der Waals surface area contributed by atoms with Gasteiger partial charge in [0, 0.05) is 11.1 Å². The number of rotatable bonds is 12. The van der Waals surface area contributed by atoms with E-state index in [4.69, 9.17) is 28.7 Å². The smallest absolute Gasteiger partial charge is 0.343 e. The number of carbonyl (C=O) groups excluding carboxylic acids is 2. The van der Waals surface area contributed by atoms with Gasteiger partial charge in [0.2, 0.25) is 0 Å². The number of nitriles is 1. The number of hydrogen-bond donors (Lipinski definition) is 0. The molecule has 52 heavy (non-hydrogen) atoms. The van der Waals surface area contributed by atoms with Crippen LogP contribution >= 0.6 is 11.3 Å². The maximum absolute atomic E-state index is 14.6. The van der Waals surface area contributed by atoms with Crippen molar-refractivity contribution in [1.29, 1.82) is 5.26 Å². The van der Waals surface area contributed by atoms with Gasteiger partial charge in [-0.2, -0.15) is 5.26 Å². The number of esters is 2. The topological polar surface area (TPSA) is 138 Å². The molecule has 0 spiro atoms. The molecule has 0 aliphatic carbocycles. The summed E-state index contributed by atoms with van der Waals surface area (Å²) in [7, 11) is 1.27. The van der Waals surface area contributed by atoms with Crippen molar-refractivity contribution in [2.75, 3.05) is 26.9 Å². The van der Waals surface area contributed by atoms with Gasteiger partial charge in [-0.1, -0.05) is 65.9 Å². The molecule has 0 N–H and O–H groups in total. The van der Waals surface area contributed by atoms with Gasteiger partial charge in [-0.05, 0) is 67.4 Å². The average molecular weight is 718 g/mol. The molecule has 0 saturated heterocycles. The predicted molar refractivity (Wildman–Crippen MR) is 195 cm³/mol. The molecular weight excluding hydrogens is 683 g/mol. The van der Waals surface area contributed by atoms with E-state index < -0.39 is 18.0 Å². The number of hydrogen-bond acceptors (Lipinski definition) is 11. The maximum atomic E-state index is 14.6. The fourth-order valence-corrected chi connectivity index (χ4v) is 7.01. The van der Waals surface area contributed by atoms with Crippen LogP contribution in [0, 0.1) is 11.3 Å². The number of thiazole rings is 1. The zero-order valence-corrected chi connectivity index (χ0v) is 29.8. The highest BCUT2D eigenvalue weighted by atomic mass is 32.1. The summed E-state index contributed by atoms with van der Waals surface area (Å²) in [6.45, 7) is 5.46. The minimum absolute atomic E-state index is 0.125. The summed E-state index contributed by atoms with van der Waals surface area (Å²) in [6, 6.07) is 25.1. The van der Waals surface area contributed by atoms with Crippen molar-refractivity contribution in [2.45, 2.75) is 33.4 Å². The second-order valence-corrected chi connectivity index (χ2v) is 12.6. The van der Waals surface area contributed by atoms with Crippen LogP contribution in [0.15, 0.2) is 99.9 Å². The lowest BCUT2D eigenvalue weighted by molar-refractivity contribution is -0.143. The molecule has 1 aliphatic rings. The molecule has 6 rings (SSSR count). The molecule has 12 heteroatoms. The summed E-state index contributed by atoms with van der Waals surface area (Å²) in [5, 5.41) is 11.4. The highest BCUT2D eigenvalue weighted by Gasteiger charge is 2.34. The van der Waals surface area contributed by atoms with Crippen LogP contribution in [0.3, 0.4) is 0 Å². The van der Waals surface area contributed by atoms with E-state index in [9.17, 15) is 19.6 Å².